The van der Waals surface area contributed by atoms with Crippen LogP contribution in [-0.4, -0.2) is 22.6 Å². The molecule has 0 atom stereocenters. The predicted molar refractivity (Wildman–Crippen MR) is 97.6 cm³/mol. The maximum Gasteiger partial charge on any atom is 0.183 e. The number of anilines is 1. The Balaban J connectivity index is 1.64. The third-order valence-electron chi connectivity index (χ3n) is 4.84. The van der Waals surface area contributed by atoms with Gasteiger partial charge >= 0.3 is 0 Å². The third-order valence-corrected chi connectivity index (χ3v) is 4.84. The fourth-order valence-corrected chi connectivity index (χ4v) is 3.55. The number of rotatable bonds is 6. The first-order chi connectivity index (χ1) is 11.8. The van der Waals surface area contributed by atoms with Gasteiger partial charge in [0.15, 0.2) is 11.6 Å². The lowest BCUT2D eigenvalue weighted by atomic mass is 9.82. The molecule has 2 aromatic rings. The van der Waals surface area contributed by atoms with Crippen LogP contribution in [0.2, 0.25) is 0 Å². The first kappa shape index (κ1) is 16.7. The van der Waals surface area contributed by atoms with Gasteiger partial charge in [-0.1, -0.05) is 37.3 Å². The van der Waals surface area contributed by atoms with E-state index in [9.17, 15) is 0 Å². The van der Waals surface area contributed by atoms with Gasteiger partial charge in [-0.25, -0.2) is 9.97 Å². The summed E-state index contributed by atoms with van der Waals surface area (Å²) in [5.41, 5.74) is 2.45. The van der Waals surface area contributed by atoms with Gasteiger partial charge in [0.1, 0.15) is 6.33 Å². The van der Waals surface area contributed by atoms with E-state index in [1.807, 2.05) is 6.92 Å². The van der Waals surface area contributed by atoms with Gasteiger partial charge in [-0.3, -0.25) is 0 Å². The van der Waals surface area contributed by atoms with Gasteiger partial charge in [0, 0.05) is 6.04 Å². The second-order valence-corrected chi connectivity index (χ2v) is 6.39. The molecule has 1 aromatic heterocycles. The standard InChI is InChI=1S/C20H27N3O/c1-3-18-19(24-4-2)20(22-14-21-18)23-17-12-10-16(11-13-17)15-8-6-5-7-9-15/h5-9,14,16-17H,3-4,10-13H2,1-2H3,(H,21,22,23). The highest BCUT2D eigenvalue weighted by Crippen LogP contribution is 2.35. The van der Waals surface area contributed by atoms with E-state index in [2.05, 4.69) is 52.5 Å². The molecule has 4 heteroatoms. The molecular formula is C20H27N3O. The van der Waals surface area contributed by atoms with Crippen LogP contribution in [0.4, 0.5) is 5.82 Å². The van der Waals surface area contributed by atoms with Crippen LogP contribution < -0.4 is 10.1 Å². The molecule has 1 aromatic carbocycles. The van der Waals surface area contributed by atoms with Crippen molar-refractivity contribution in [2.24, 2.45) is 0 Å². The van der Waals surface area contributed by atoms with Crippen molar-refractivity contribution >= 4 is 5.82 Å². The summed E-state index contributed by atoms with van der Waals surface area (Å²) in [6, 6.07) is 11.3. The minimum atomic E-state index is 0.462. The van der Waals surface area contributed by atoms with Gasteiger partial charge in [-0.15, -0.1) is 0 Å². The number of ether oxygens (including phenoxy) is 1. The molecule has 0 radical (unpaired) electrons. The molecule has 4 nitrogen and oxygen atoms in total. The molecule has 0 saturated heterocycles. The van der Waals surface area contributed by atoms with Crippen molar-refractivity contribution in [3.8, 4) is 5.75 Å². The SMILES string of the molecule is CCOc1c(CC)ncnc1NC1CCC(c2ccccc2)CC1. The van der Waals surface area contributed by atoms with Crippen molar-refractivity contribution in [1.29, 1.82) is 0 Å². The molecule has 0 aliphatic heterocycles. The zero-order valence-corrected chi connectivity index (χ0v) is 14.7. The molecule has 24 heavy (non-hydrogen) atoms. The zero-order chi connectivity index (χ0) is 16.8. The number of nitrogens with one attached hydrogen (secondary N) is 1. The lowest BCUT2D eigenvalue weighted by Crippen LogP contribution is -2.26. The highest BCUT2D eigenvalue weighted by Gasteiger charge is 2.23. The van der Waals surface area contributed by atoms with Gasteiger partial charge in [0.2, 0.25) is 0 Å². The van der Waals surface area contributed by atoms with Crippen LogP contribution in [0, 0.1) is 0 Å². The van der Waals surface area contributed by atoms with E-state index in [-0.39, 0.29) is 0 Å². The molecule has 1 fully saturated rings. The Labute approximate surface area is 144 Å². The summed E-state index contributed by atoms with van der Waals surface area (Å²) >= 11 is 0. The van der Waals surface area contributed by atoms with Crippen LogP contribution in [0.25, 0.3) is 0 Å². The van der Waals surface area contributed by atoms with Crippen molar-refractivity contribution in [1.82, 2.24) is 9.97 Å². The van der Waals surface area contributed by atoms with E-state index in [0.717, 1.165) is 36.5 Å². The highest BCUT2D eigenvalue weighted by molar-refractivity contribution is 5.52. The van der Waals surface area contributed by atoms with Crippen LogP contribution >= 0.6 is 0 Å². The molecule has 128 valence electrons. The molecule has 1 N–H and O–H groups in total. The Kier molecular flexibility index (Phi) is 5.68. The van der Waals surface area contributed by atoms with Crippen LogP contribution in [0.3, 0.4) is 0 Å². The first-order valence-corrected chi connectivity index (χ1v) is 9.10. The molecule has 1 saturated carbocycles. The number of hydrogen-bond donors (Lipinski definition) is 1. The second kappa shape index (κ2) is 8.13. The number of hydrogen-bond acceptors (Lipinski definition) is 4. The molecule has 1 aliphatic rings. The van der Waals surface area contributed by atoms with Gasteiger partial charge in [0.05, 0.1) is 12.3 Å². The van der Waals surface area contributed by atoms with Crippen LogP contribution in [0.15, 0.2) is 36.7 Å². The first-order valence-electron chi connectivity index (χ1n) is 9.10. The van der Waals surface area contributed by atoms with Crippen molar-refractivity contribution in [3.05, 3.63) is 47.9 Å². The molecule has 1 heterocycles. The summed E-state index contributed by atoms with van der Waals surface area (Å²) in [5.74, 6) is 2.37. The molecule has 3 rings (SSSR count). The lowest BCUT2D eigenvalue weighted by Gasteiger charge is -2.30. The van der Waals surface area contributed by atoms with Gasteiger partial charge in [0.25, 0.3) is 0 Å². The Bertz CT molecular complexity index is 637. The second-order valence-electron chi connectivity index (χ2n) is 6.39. The van der Waals surface area contributed by atoms with E-state index in [0.29, 0.717) is 18.6 Å². The van der Waals surface area contributed by atoms with Crippen LogP contribution in [-0.2, 0) is 6.42 Å². The summed E-state index contributed by atoms with van der Waals surface area (Å²) in [4.78, 5) is 8.78. The van der Waals surface area contributed by atoms with E-state index < -0.39 is 0 Å². The smallest absolute Gasteiger partial charge is 0.183 e. The quantitative estimate of drug-likeness (QED) is 0.844. The average Bonchev–Trinajstić information content (AvgIpc) is 2.64. The largest absolute Gasteiger partial charge is 0.488 e. The van der Waals surface area contributed by atoms with Crippen molar-refractivity contribution in [3.63, 3.8) is 0 Å². The summed E-state index contributed by atoms with van der Waals surface area (Å²) in [7, 11) is 0. The Hall–Kier alpha value is -2.10. The zero-order valence-electron chi connectivity index (χ0n) is 14.7. The van der Waals surface area contributed by atoms with E-state index in [1.165, 1.54) is 18.4 Å². The fraction of sp³-hybridized carbons (Fsp3) is 0.500. The minimum Gasteiger partial charge on any atom is -0.488 e. The molecular weight excluding hydrogens is 298 g/mol. The summed E-state index contributed by atoms with van der Waals surface area (Å²) in [6.07, 6.45) is 7.26. The van der Waals surface area contributed by atoms with Gasteiger partial charge in [-0.05, 0) is 50.5 Å². The van der Waals surface area contributed by atoms with Crippen molar-refractivity contribution in [2.75, 3.05) is 11.9 Å². The van der Waals surface area contributed by atoms with Crippen molar-refractivity contribution in [2.45, 2.75) is 57.9 Å². The average molecular weight is 325 g/mol. The Morgan fingerprint density at radius 2 is 1.79 bits per heavy atom. The molecule has 0 bridgehead atoms. The Morgan fingerprint density at radius 1 is 1.04 bits per heavy atom. The van der Waals surface area contributed by atoms with Gasteiger partial charge < -0.3 is 10.1 Å². The number of nitrogens with zero attached hydrogens (tertiary/aromatic N) is 2. The Morgan fingerprint density at radius 3 is 2.46 bits per heavy atom. The van der Waals surface area contributed by atoms with Gasteiger partial charge in [-0.2, -0.15) is 0 Å². The molecule has 0 spiro atoms. The van der Waals surface area contributed by atoms with Crippen LogP contribution in [0.1, 0.15) is 56.7 Å². The van der Waals surface area contributed by atoms with E-state index in [4.69, 9.17) is 4.74 Å². The third kappa shape index (κ3) is 3.86. The highest BCUT2D eigenvalue weighted by atomic mass is 16.5. The van der Waals surface area contributed by atoms with Crippen LogP contribution in [0.5, 0.6) is 5.75 Å². The maximum absolute atomic E-state index is 5.80. The fourth-order valence-electron chi connectivity index (χ4n) is 3.55. The van der Waals surface area contributed by atoms with Crippen molar-refractivity contribution < 1.29 is 4.74 Å². The lowest BCUT2D eigenvalue weighted by molar-refractivity contribution is 0.333. The summed E-state index contributed by atoms with van der Waals surface area (Å²) in [6.45, 7) is 4.73. The molecule has 0 unspecified atom stereocenters. The van der Waals surface area contributed by atoms with E-state index in [1.54, 1.807) is 6.33 Å². The molecule has 0 amide bonds. The predicted octanol–water partition coefficient (Wildman–Crippen LogP) is 4.58. The maximum atomic E-state index is 5.80. The summed E-state index contributed by atoms with van der Waals surface area (Å²) < 4.78 is 5.80. The molecule has 1 aliphatic carbocycles. The van der Waals surface area contributed by atoms with E-state index >= 15 is 0 Å². The minimum absolute atomic E-state index is 0.462. The topological polar surface area (TPSA) is 47.0 Å². The monoisotopic (exact) mass is 325 g/mol. The number of benzene rings is 1. The number of aryl methyl sites for hydroxylation is 1. The summed E-state index contributed by atoms with van der Waals surface area (Å²) in [5, 5.41) is 3.60. The normalized spacial score (nSPS) is 20.6. The number of aromatic nitrogens is 2.